The van der Waals surface area contributed by atoms with Crippen LogP contribution in [0.25, 0.3) is 11.8 Å². The topological polar surface area (TPSA) is 110 Å². The van der Waals surface area contributed by atoms with Gasteiger partial charge < -0.3 is 15.0 Å². The Balaban J connectivity index is 1.80. The molecule has 32 heavy (non-hydrogen) atoms. The van der Waals surface area contributed by atoms with Gasteiger partial charge in [-0.15, -0.1) is 0 Å². The van der Waals surface area contributed by atoms with Gasteiger partial charge in [-0.2, -0.15) is 5.26 Å². The highest BCUT2D eigenvalue weighted by Crippen LogP contribution is 2.25. The summed E-state index contributed by atoms with van der Waals surface area (Å²) in [7, 11) is 0. The molecule has 0 atom stereocenters. The van der Waals surface area contributed by atoms with E-state index in [9.17, 15) is 14.9 Å². The predicted molar refractivity (Wildman–Crippen MR) is 125 cm³/mol. The molecule has 1 heterocycles. The van der Waals surface area contributed by atoms with E-state index in [1.54, 1.807) is 6.07 Å². The normalized spacial score (nSPS) is 11.0. The van der Waals surface area contributed by atoms with Gasteiger partial charge in [-0.05, 0) is 73.5 Å². The summed E-state index contributed by atoms with van der Waals surface area (Å²) < 4.78 is 8.89. The summed E-state index contributed by atoms with van der Waals surface area (Å²) in [5.41, 5.74) is 9.19. The van der Waals surface area contributed by atoms with Gasteiger partial charge in [-0.1, -0.05) is 28.1 Å². The zero-order valence-electron chi connectivity index (χ0n) is 17.6. The molecule has 0 fully saturated rings. The summed E-state index contributed by atoms with van der Waals surface area (Å²) in [6.07, 6.45) is 1.44. The molecule has 0 saturated heterocycles. The summed E-state index contributed by atoms with van der Waals surface area (Å²) in [5, 5.41) is 11.2. The average Bonchev–Trinajstić information content (AvgIpc) is 3.04. The highest BCUT2D eigenvalue weighted by Gasteiger charge is 2.15. The largest absolute Gasteiger partial charge is 0.489 e. The number of nitrogens with zero attached hydrogens (tertiary/aromatic N) is 2. The first-order valence-electron chi connectivity index (χ1n) is 9.67. The van der Waals surface area contributed by atoms with Crippen molar-refractivity contribution in [3.05, 3.63) is 87.2 Å². The molecule has 0 spiro atoms. The molecule has 162 valence electrons. The second-order valence-electron chi connectivity index (χ2n) is 7.06. The number of nitrogens with one attached hydrogen (secondary N) is 1. The third-order valence-electron chi connectivity index (χ3n) is 4.79. The first-order valence-corrected chi connectivity index (χ1v) is 10.5. The maximum atomic E-state index is 12.0. The number of imide groups is 1. The molecule has 2 aromatic carbocycles. The van der Waals surface area contributed by atoms with Crippen molar-refractivity contribution in [3.8, 4) is 17.5 Å². The molecule has 0 bridgehead atoms. The van der Waals surface area contributed by atoms with Crippen LogP contribution in [0.5, 0.6) is 5.75 Å². The monoisotopic (exact) mass is 492 g/mol. The number of halogens is 1. The minimum absolute atomic E-state index is 0.208. The summed E-state index contributed by atoms with van der Waals surface area (Å²) in [6, 6.07) is 18.3. The Kier molecular flexibility index (Phi) is 7.13. The number of hydrogen-bond donors (Lipinski definition) is 2. The maximum Gasteiger partial charge on any atom is 0.319 e. The zero-order chi connectivity index (χ0) is 23.3. The van der Waals surface area contributed by atoms with Gasteiger partial charge in [0, 0.05) is 21.5 Å². The smallest absolute Gasteiger partial charge is 0.319 e. The molecule has 7 nitrogen and oxygen atoms in total. The number of carbonyl (C=O) groups excluding carboxylic acids is 2. The zero-order valence-corrected chi connectivity index (χ0v) is 19.1. The molecule has 0 saturated carbocycles. The Hall–Kier alpha value is -3.83. The van der Waals surface area contributed by atoms with Crippen LogP contribution in [0.1, 0.15) is 22.5 Å². The first kappa shape index (κ1) is 22.8. The van der Waals surface area contributed by atoms with Gasteiger partial charge in [-0.3, -0.25) is 10.1 Å². The van der Waals surface area contributed by atoms with Crippen LogP contribution >= 0.6 is 15.9 Å². The van der Waals surface area contributed by atoms with Crippen LogP contribution in [0, 0.1) is 25.2 Å². The number of carbonyl (C=O) groups is 2. The van der Waals surface area contributed by atoms with Crippen LogP contribution in [0.3, 0.4) is 0 Å². The van der Waals surface area contributed by atoms with Crippen LogP contribution in [0.2, 0.25) is 0 Å². The lowest BCUT2D eigenvalue weighted by molar-refractivity contribution is -0.115. The van der Waals surface area contributed by atoms with Crippen LogP contribution in [0.4, 0.5) is 4.79 Å². The molecular weight excluding hydrogens is 472 g/mol. The number of nitrogens with two attached hydrogens (primary N) is 1. The van der Waals surface area contributed by atoms with E-state index in [1.807, 2.05) is 78.3 Å². The number of hydrogen-bond acceptors (Lipinski definition) is 4. The molecule has 3 aromatic rings. The van der Waals surface area contributed by atoms with Gasteiger partial charge in [0.25, 0.3) is 5.91 Å². The van der Waals surface area contributed by atoms with Crippen molar-refractivity contribution in [2.24, 2.45) is 5.73 Å². The summed E-state index contributed by atoms with van der Waals surface area (Å²) >= 11 is 3.42. The number of primary amides is 1. The Morgan fingerprint density at radius 1 is 1.16 bits per heavy atom. The second kappa shape index (κ2) is 9.98. The number of amides is 3. The maximum absolute atomic E-state index is 12.0. The van der Waals surface area contributed by atoms with Crippen molar-refractivity contribution >= 4 is 33.9 Å². The summed E-state index contributed by atoms with van der Waals surface area (Å²) in [6.45, 7) is 4.28. The number of urea groups is 1. The number of rotatable bonds is 6. The number of nitriles is 1. The summed E-state index contributed by atoms with van der Waals surface area (Å²) in [5.74, 6) is -0.0915. The molecule has 0 aliphatic carbocycles. The van der Waals surface area contributed by atoms with E-state index in [2.05, 4.69) is 15.9 Å². The fraction of sp³-hybridized carbons (Fsp3) is 0.125. The van der Waals surface area contributed by atoms with Crippen molar-refractivity contribution in [3.63, 3.8) is 0 Å². The molecule has 1 aromatic heterocycles. The molecule has 0 aliphatic rings. The number of aryl methyl sites for hydroxylation is 1. The standard InChI is InChI=1S/C24H21BrN4O3/c1-15-11-18(12-19(13-26)23(30)28-24(27)31)16(2)29(15)21-7-9-22(10-8-21)32-14-17-3-5-20(25)6-4-17/h3-12H,14H2,1-2H3,(H3,27,28,30,31)/b19-12-. The fourth-order valence-electron chi connectivity index (χ4n) is 3.25. The Labute approximate surface area is 194 Å². The molecule has 3 rings (SSSR count). The molecule has 3 amide bonds. The van der Waals surface area contributed by atoms with Gasteiger partial charge in [0.2, 0.25) is 0 Å². The van der Waals surface area contributed by atoms with Crippen molar-refractivity contribution in [2.75, 3.05) is 0 Å². The number of ether oxygens (including phenoxy) is 1. The van der Waals surface area contributed by atoms with Crippen molar-refractivity contribution in [1.82, 2.24) is 9.88 Å². The van der Waals surface area contributed by atoms with Crippen LogP contribution < -0.4 is 15.8 Å². The van der Waals surface area contributed by atoms with Gasteiger partial charge in [-0.25, -0.2) is 4.79 Å². The Morgan fingerprint density at radius 3 is 2.41 bits per heavy atom. The first-order chi connectivity index (χ1) is 15.3. The fourth-order valence-corrected chi connectivity index (χ4v) is 3.52. The second-order valence-corrected chi connectivity index (χ2v) is 7.97. The quantitative estimate of drug-likeness (QED) is 0.388. The highest BCUT2D eigenvalue weighted by molar-refractivity contribution is 9.10. The molecular formula is C24H21BrN4O3. The lowest BCUT2D eigenvalue weighted by Gasteiger charge is -2.12. The lowest BCUT2D eigenvalue weighted by Crippen LogP contribution is -2.35. The Morgan fingerprint density at radius 2 is 1.81 bits per heavy atom. The molecule has 3 N–H and O–H groups in total. The van der Waals surface area contributed by atoms with Gasteiger partial charge in [0.15, 0.2) is 0 Å². The van der Waals surface area contributed by atoms with E-state index in [0.717, 1.165) is 32.9 Å². The van der Waals surface area contributed by atoms with E-state index >= 15 is 0 Å². The minimum Gasteiger partial charge on any atom is -0.489 e. The van der Waals surface area contributed by atoms with E-state index in [1.165, 1.54) is 6.08 Å². The molecule has 0 unspecified atom stereocenters. The van der Waals surface area contributed by atoms with Gasteiger partial charge in [0.1, 0.15) is 24.0 Å². The molecule has 0 aliphatic heterocycles. The minimum atomic E-state index is -1.01. The average molecular weight is 493 g/mol. The summed E-state index contributed by atoms with van der Waals surface area (Å²) in [4.78, 5) is 22.9. The predicted octanol–water partition coefficient (Wildman–Crippen LogP) is 4.54. The lowest BCUT2D eigenvalue weighted by atomic mass is 10.1. The van der Waals surface area contributed by atoms with E-state index < -0.39 is 11.9 Å². The van der Waals surface area contributed by atoms with Crippen molar-refractivity contribution in [2.45, 2.75) is 20.5 Å². The van der Waals surface area contributed by atoms with Gasteiger partial charge in [0.05, 0.1) is 0 Å². The third kappa shape index (κ3) is 5.45. The highest BCUT2D eigenvalue weighted by atomic mass is 79.9. The third-order valence-corrected chi connectivity index (χ3v) is 5.31. The molecule has 8 heteroatoms. The van der Waals surface area contributed by atoms with E-state index in [4.69, 9.17) is 10.5 Å². The SMILES string of the molecule is Cc1cc(/C=C(/C#N)C(=O)NC(N)=O)c(C)n1-c1ccc(OCc2ccc(Br)cc2)cc1. The molecule has 0 radical (unpaired) electrons. The van der Waals surface area contributed by atoms with Crippen LogP contribution in [0.15, 0.2) is 64.6 Å². The number of aromatic nitrogens is 1. The van der Waals surface area contributed by atoms with E-state index in [0.29, 0.717) is 12.2 Å². The van der Waals surface area contributed by atoms with Crippen LogP contribution in [-0.4, -0.2) is 16.5 Å². The number of benzene rings is 2. The van der Waals surface area contributed by atoms with Crippen molar-refractivity contribution < 1.29 is 14.3 Å². The van der Waals surface area contributed by atoms with Gasteiger partial charge >= 0.3 is 6.03 Å². The van der Waals surface area contributed by atoms with Crippen LogP contribution in [-0.2, 0) is 11.4 Å². The van der Waals surface area contributed by atoms with E-state index in [-0.39, 0.29) is 5.57 Å². The van der Waals surface area contributed by atoms with Crippen molar-refractivity contribution in [1.29, 1.82) is 5.26 Å². The Bertz CT molecular complexity index is 1220.